The second-order valence-electron chi connectivity index (χ2n) is 3.64. The minimum Gasteiger partial charge on any atom is -0.480 e. The Hall–Kier alpha value is -1.30. The van der Waals surface area contributed by atoms with Crippen molar-refractivity contribution in [2.75, 3.05) is 20.3 Å². The highest BCUT2D eigenvalue weighted by Crippen LogP contribution is 2.10. The van der Waals surface area contributed by atoms with Gasteiger partial charge in [0.15, 0.2) is 0 Å². The van der Waals surface area contributed by atoms with E-state index in [0.717, 1.165) is 6.42 Å². The van der Waals surface area contributed by atoms with Crippen molar-refractivity contribution >= 4 is 12.0 Å². The average molecular weight is 216 g/mol. The Balaban J connectivity index is 2.41. The maximum atomic E-state index is 11.5. The van der Waals surface area contributed by atoms with Gasteiger partial charge in [-0.15, -0.1) is 0 Å². The van der Waals surface area contributed by atoms with E-state index in [4.69, 9.17) is 9.84 Å². The Kier molecular flexibility index (Phi) is 3.90. The number of ether oxygens (including phenoxy) is 1. The molecule has 6 heteroatoms. The number of carboxylic acid groups (broad SMARTS) is 1. The SMILES string of the molecule is CC(NC(=O)N(C)C1CCOC1)C(=O)O. The van der Waals surface area contributed by atoms with Crippen molar-refractivity contribution < 1.29 is 19.4 Å². The quantitative estimate of drug-likeness (QED) is 0.690. The third kappa shape index (κ3) is 3.09. The van der Waals surface area contributed by atoms with Gasteiger partial charge in [0, 0.05) is 13.7 Å². The van der Waals surface area contributed by atoms with Crippen LogP contribution in [0.1, 0.15) is 13.3 Å². The van der Waals surface area contributed by atoms with Crippen LogP contribution >= 0.6 is 0 Å². The molecule has 0 saturated carbocycles. The number of carboxylic acids is 1. The normalized spacial score (nSPS) is 22.1. The molecule has 0 aromatic carbocycles. The second-order valence-corrected chi connectivity index (χ2v) is 3.64. The number of likely N-dealkylation sites (N-methyl/N-ethyl adjacent to an activating group) is 1. The van der Waals surface area contributed by atoms with Crippen molar-refractivity contribution in [2.45, 2.75) is 25.4 Å². The predicted molar refractivity (Wildman–Crippen MR) is 52.6 cm³/mol. The van der Waals surface area contributed by atoms with Gasteiger partial charge in [-0.3, -0.25) is 4.79 Å². The molecule has 0 aromatic rings. The van der Waals surface area contributed by atoms with Crippen LogP contribution in [0.4, 0.5) is 4.79 Å². The number of nitrogens with zero attached hydrogens (tertiary/aromatic N) is 1. The number of aliphatic carboxylic acids is 1. The first kappa shape index (κ1) is 11.8. The molecule has 1 rings (SSSR count). The monoisotopic (exact) mass is 216 g/mol. The molecule has 2 atom stereocenters. The molecule has 1 aliphatic rings. The molecule has 0 spiro atoms. The fourth-order valence-corrected chi connectivity index (χ4v) is 1.34. The Morgan fingerprint density at radius 2 is 2.27 bits per heavy atom. The van der Waals surface area contributed by atoms with Crippen LogP contribution in [-0.4, -0.2) is 54.4 Å². The number of nitrogens with one attached hydrogen (secondary N) is 1. The Bertz CT molecular complexity index is 250. The van der Waals surface area contributed by atoms with E-state index < -0.39 is 12.0 Å². The molecular weight excluding hydrogens is 200 g/mol. The molecule has 0 radical (unpaired) electrons. The van der Waals surface area contributed by atoms with E-state index >= 15 is 0 Å². The van der Waals surface area contributed by atoms with Crippen LogP contribution in [-0.2, 0) is 9.53 Å². The first-order valence-corrected chi connectivity index (χ1v) is 4.86. The molecule has 6 nitrogen and oxygen atoms in total. The molecule has 86 valence electrons. The first-order valence-electron chi connectivity index (χ1n) is 4.86. The van der Waals surface area contributed by atoms with E-state index in [1.807, 2.05) is 0 Å². The van der Waals surface area contributed by atoms with E-state index in [-0.39, 0.29) is 12.1 Å². The van der Waals surface area contributed by atoms with Crippen LogP contribution in [0.2, 0.25) is 0 Å². The standard InChI is InChI=1S/C9H16N2O4/c1-6(8(12)13)10-9(14)11(2)7-3-4-15-5-7/h6-7H,3-5H2,1-2H3,(H,10,14)(H,12,13). The highest BCUT2D eigenvalue weighted by atomic mass is 16.5. The van der Waals surface area contributed by atoms with Gasteiger partial charge < -0.3 is 20.1 Å². The third-order valence-electron chi connectivity index (χ3n) is 2.48. The minimum absolute atomic E-state index is 0.0472. The Morgan fingerprint density at radius 1 is 1.60 bits per heavy atom. The van der Waals surface area contributed by atoms with Gasteiger partial charge in [-0.05, 0) is 13.3 Å². The van der Waals surface area contributed by atoms with Crippen LogP contribution in [0, 0.1) is 0 Å². The molecule has 1 fully saturated rings. The van der Waals surface area contributed by atoms with Gasteiger partial charge in [-0.1, -0.05) is 0 Å². The fraction of sp³-hybridized carbons (Fsp3) is 0.778. The molecule has 15 heavy (non-hydrogen) atoms. The van der Waals surface area contributed by atoms with Crippen molar-refractivity contribution in [2.24, 2.45) is 0 Å². The fourth-order valence-electron chi connectivity index (χ4n) is 1.34. The molecular formula is C9H16N2O4. The summed E-state index contributed by atoms with van der Waals surface area (Å²) >= 11 is 0. The molecule has 0 aromatic heterocycles. The van der Waals surface area contributed by atoms with Crippen molar-refractivity contribution in [1.82, 2.24) is 10.2 Å². The zero-order valence-electron chi connectivity index (χ0n) is 8.90. The van der Waals surface area contributed by atoms with Crippen molar-refractivity contribution in [1.29, 1.82) is 0 Å². The first-order chi connectivity index (χ1) is 7.02. The van der Waals surface area contributed by atoms with E-state index in [1.54, 1.807) is 7.05 Å². The summed E-state index contributed by atoms with van der Waals surface area (Å²) in [5.41, 5.74) is 0. The summed E-state index contributed by atoms with van der Waals surface area (Å²) < 4.78 is 5.14. The van der Waals surface area contributed by atoms with Crippen LogP contribution in [0.3, 0.4) is 0 Å². The molecule has 2 N–H and O–H groups in total. The summed E-state index contributed by atoms with van der Waals surface area (Å²) in [6.07, 6.45) is 0.797. The lowest BCUT2D eigenvalue weighted by Crippen LogP contribution is -2.48. The largest absolute Gasteiger partial charge is 0.480 e. The number of hydrogen-bond acceptors (Lipinski definition) is 3. The van der Waals surface area contributed by atoms with Crippen molar-refractivity contribution in [3.8, 4) is 0 Å². The lowest BCUT2D eigenvalue weighted by molar-refractivity contribution is -0.138. The van der Waals surface area contributed by atoms with E-state index in [0.29, 0.717) is 13.2 Å². The molecule has 1 heterocycles. The predicted octanol–water partition coefficient (Wildman–Crippen LogP) is -0.110. The second kappa shape index (κ2) is 4.97. The Morgan fingerprint density at radius 3 is 2.73 bits per heavy atom. The number of rotatable bonds is 3. The van der Waals surface area contributed by atoms with Gasteiger partial charge in [-0.25, -0.2) is 4.79 Å². The molecule has 2 unspecified atom stereocenters. The van der Waals surface area contributed by atoms with Crippen LogP contribution in [0.25, 0.3) is 0 Å². The van der Waals surface area contributed by atoms with Crippen LogP contribution in [0.15, 0.2) is 0 Å². The van der Waals surface area contributed by atoms with Gasteiger partial charge in [-0.2, -0.15) is 0 Å². The number of amides is 2. The lowest BCUT2D eigenvalue weighted by Gasteiger charge is -2.24. The Labute approximate surface area is 88.2 Å². The van der Waals surface area contributed by atoms with Gasteiger partial charge in [0.25, 0.3) is 0 Å². The summed E-state index contributed by atoms with van der Waals surface area (Å²) in [7, 11) is 1.64. The highest BCUT2D eigenvalue weighted by molar-refractivity contribution is 5.82. The summed E-state index contributed by atoms with van der Waals surface area (Å²) in [4.78, 5) is 23.6. The third-order valence-corrected chi connectivity index (χ3v) is 2.48. The maximum Gasteiger partial charge on any atom is 0.325 e. The number of urea groups is 1. The summed E-state index contributed by atoms with van der Waals surface area (Å²) in [5.74, 6) is -1.04. The van der Waals surface area contributed by atoms with Crippen molar-refractivity contribution in [3.05, 3.63) is 0 Å². The zero-order chi connectivity index (χ0) is 11.4. The maximum absolute atomic E-state index is 11.5. The van der Waals surface area contributed by atoms with Crippen LogP contribution < -0.4 is 5.32 Å². The van der Waals surface area contributed by atoms with Gasteiger partial charge in [0.2, 0.25) is 0 Å². The number of hydrogen-bond donors (Lipinski definition) is 2. The summed E-state index contributed by atoms with van der Waals surface area (Å²) in [6.45, 7) is 2.60. The van der Waals surface area contributed by atoms with Gasteiger partial charge in [0.1, 0.15) is 6.04 Å². The molecule has 0 bridgehead atoms. The minimum atomic E-state index is -1.04. The average Bonchev–Trinajstić information content (AvgIpc) is 2.68. The molecule has 2 amide bonds. The van der Waals surface area contributed by atoms with Crippen molar-refractivity contribution in [3.63, 3.8) is 0 Å². The van der Waals surface area contributed by atoms with Crippen LogP contribution in [0.5, 0.6) is 0 Å². The summed E-state index contributed by atoms with van der Waals surface area (Å²) in [6, 6.07) is -1.20. The topological polar surface area (TPSA) is 78.9 Å². The number of carbonyl (C=O) groups is 2. The van der Waals surface area contributed by atoms with Gasteiger partial charge in [0.05, 0.1) is 12.6 Å². The van der Waals surface area contributed by atoms with Gasteiger partial charge >= 0.3 is 12.0 Å². The van der Waals surface area contributed by atoms with E-state index in [2.05, 4.69) is 5.32 Å². The number of carbonyl (C=O) groups excluding carboxylic acids is 1. The smallest absolute Gasteiger partial charge is 0.325 e. The van der Waals surface area contributed by atoms with E-state index in [9.17, 15) is 9.59 Å². The highest BCUT2D eigenvalue weighted by Gasteiger charge is 2.25. The molecule has 1 saturated heterocycles. The van der Waals surface area contributed by atoms with E-state index in [1.165, 1.54) is 11.8 Å². The molecule has 0 aliphatic carbocycles. The summed E-state index contributed by atoms with van der Waals surface area (Å²) in [5, 5.41) is 11.0. The molecule has 1 aliphatic heterocycles. The lowest BCUT2D eigenvalue weighted by atomic mass is 10.2. The zero-order valence-corrected chi connectivity index (χ0v) is 8.90.